The predicted molar refractivity (Wildman–Crippen MR) is 248 cm³/mol. The Labute approximate surface area is 340 Å². The van der Waals surface area contributed by atoms with Crippen LogP contribution in [0, 0.1) is 0 Å². The van der Waals surface area contributed by atoms with Crippen LogP contribution in [0.4, 0.5) is 17.1 Å². The van der Waals surface area contributed by atoms with Crippen molar-refractivity contribution in [1.82, 2.24) is 0 Å². The summed E-state index contributed by atoms with van der Waals surface area (Å²) in [5.74, 6) is 0. The first kappa shape index (κ1) is 34.1. The minimum atomic E-state index is -0.156. The third-order valence-electron chi connectivity index (χ3n) is 12.4. The topological polar surface area (TPSA) is 3.24 Å². The van der Waals surface area contributed by atoms with E-state index in [-0.39, 0.29) is 5.41 Å². The Kier molecular flexibility index (Phi) is 7.91. The van der Waals surface area contributed by atoms with Gasteiger partial charge >= 0.3 is 0 Å². The van der Waals surface area contributed by atoms with Gasteiger partial charge in [-0.1, -0.05) is 190 Å². The van der Waals surface area contributed by atoms with Crippen LogP contribution in [0.15, 0.2) is 212 Å². The second kappa shape index (κ2) is 13.5. The number of anilines is 3. The summed E-state index contributed by atoms with van der Waals surface area (Å²) in [6.45, 7) is 4.74. The molecule has 0 bridgehead atoms. The van der Waals surface area contributed by atoms with Crippen LogP contribution in [0.3, 0.4) is 0 Å². The second-order valence-corrected chi connectivity index (χ2v) is 16.1. The van der Waals surface area contributed by atoms with Crippen LogP contribution >= 0.6 is 0 Å². The molecule has 0 spiro atoms. The van der Waals surface area contributed by atoms with Crippen molar-refractivity contribution >= 4 is 49.4 Å². The Morgan fingerprint density at radius 3 is 1.79 bits per heavy atom. The number of rotatable bonds is 6. The molecular formula is C57H41N. The van der Waals surface area contributed by atoms with Crippen molar-refractivity contribution in [2.75, 3.05) is 4.90 Å². The van der Waals surface area contributed by atoms with Crippen molar-refractivity contribution in [3.05, 3.63) is 223 Å². The average Bonchev–Trinajstić information content (AvgIpc) is 3.51. The molecule has 58 heavy (non-hydrogen) atoms. The van der Waals surface area contributed by atoms with Crippen molar-refractivity contribution in [3.8, 4) is 44.5 Å². The van der Waals surface area contributed by atoms with Crippen molar-refractivity contribution in [3.63, 3.8) is 0 Å². The molecule has 1 nitrogen and oxygen atoms in total. The van der Waals surface area contributed by atoms with E-state index in [0.29, 0.717) is 0 Å². The van der Waals surface area contributed by atoms with E-state index in [1.165, 1.54) is 88.0 Å². The summed E-state index contributed by atoms with van der Waals surface area (Å²) in [7, 11) is 0. The molecule has 0 saturated heterocycles. The molecule has 11 rings (SSSR count). The lowest BCUT2D eigenvalue weighted by Gasteiger charge is -2.32. The zero-order valence-corrected chi connectivity index (χ0v) is 32.7. The van der Waals surface area contributed by atoms with Gasteiger partial charge in [0.1, 0.15) is 0 Å². The monoisotopic (exact) mass is 739 g/mol. The smallest absolute Gasteiger partial charge is 0.0546 e. The van der Waals surface area contributed by atoms with E-state index in [1.54, 1.807) is 0 Å². The molecule has 0 amide bonds. The van der Waals surface area contributed by atoms with Gasteiger partial charge in [-0.15, -0.1) is 0 Å². The largest absolute Gasteiger partial charge is 0.309 e. The number of hydrogen-bond acceptors (Lipinski definition) is 1. The maximum atomic E-state index is 2.53. The maximum Gasteiger partial charge on any atom is 0.0546 e. The lowest BCUT2D eigenvalue weighted by atomic mass is 9.82. The van der Waals surface area contributed by atoms with Crippen LogP contribution in [-0.4, -0.2) is 0 Å². The third-order valence-corrected chi connectivity index (χ3v) is 12.4. The molecule has 274 valence electrons. The van der Waals surface area contributed by atoms with Crippen molar-refractivity contribution in [2.24, 2.45) is 0 Å². The molecule has 0 N–H and O–H groups in total. The van der Waals surface area contributed by atoms with Crippen LogP contribution in [0.2, 0.25) is 0 Å². The Morgan fingerprint density at radius 2 is 0.948 bits per heavy atom. The fourth-order valence-corrected chi connectivity index (χ4v) is 9.64. The Hall–Kier alpha value is -7.22. The van der Waals surface area contributed by atoms with Crippen LogP contribution < -0.4 is 4.90 Å². The fraction of sp³-hybridized carbons (Fsp3) is 0.0526. The van der Waals surface area contributed by atoms with Gasteiger partial charge in [0.05, 0.1) is 11.4 Å². The third kappa shape index (κ3) is 5.39. The van der Waals surface area contributed by atoms with Crippen LogP contribution in [-0.2, 0) is 5.41 Å². The first-order valence-electron chi connectivity index (χ1n) is 20.3. The van der Waals surface area contributed by atoms with Gasteiger partial charge in [0.15, 0.2) is 0 Å². The highest BCUT2D eigenvalue weighted by molar-refractivity contribution is 6.17. The van der Waals surface area contributed by atoms with Gasteiger partial charge in [-0.2, -0.15) is 0 Å². The summed E-state index contributed by atoms with van der Waals surface area (Å²) in [5, 5.41) is 7.44. The van der Waals surface area contributed by atoms with Crippen molar-refractivity contribution < 1.29 is 0 Å². The molecule has 0 saturated carbocycles. The summed E-state index contributed by atoms with van der Waals surface area (Å²) in [4.78, 5) is 2.53. The number of nitrogens with zero attached hydrogens (tertiary/aromatic N) is 1. The first-order valence-corrected chi connectivity index (χ1v) is 20.3. The first-order chi connectivity index (χ1) is 28.5. The highest BCUT2D eigenvalue weighted by atomic mass is 15.1. The molecular weight excluding hydrogens is 699 g/mol. The van der Waals surface area contributed by atoms with Crippen LogP contribution in [0.25, 0.3) is 76.8 Å². The molecule has 0 heterocycles. The number of hydrogen-bond donors (Lipinski definition) is 0. The SMILES string of the molecule is CC1(C)c2ccccc2-c2ccc(N(c3ccccc3-c3ccccc3)c3cccc(-c4ccc5ccccc5c4)c3-c3cc4ccccc4c4ccccc34)cc21. The van der Waals surface area contributed by atoms with E-state index in [4.69, 9.17) is 0 Å². The maximum absolute atomic E-state index is 2.53. The Morgan fingerprint density at radius 1 is 0.328 bits per heavy atom. The lowest BCUT2D eigenvalue weighted by molar-refractivity contribution is 0.660. The zero-order valence-electron chi connectivity index (χ0n) is 32.7. The lowest BCUT2D eigenvalue weighted by Crippen LogP contribution is -2.17. The Bertz CT molecular complexity index is 3210. The number of benzene rings is 10. The highest BCUT2D eigenvalue weighted by Gasteiger charge is 2.36. The number of para-hydroxylation sites is 1. The molecule has 1 aliphatic rings. The van der Waals surface area contributed by atoms with Gasteiger partial charge in [0.2, 0.25) is 0 Å². The van der Waals surface area contributed by atoms with Crippen molar-refractivity contribution in [2.45, 2.75) is 19.3 Å². The minimum absolute atomic E-state index is 0.156. The van der Waals surface area contributed by atoms with Crippen LogP contribution in [0.1, 0.15) is 25.0 Å². The van der Waals surface area contributed by atoms with E-state index < -0.39 is 0 Å². The normalized spacial score (nSPS) is 12.8. The fourth-order valence-electron chi connectivity index (χ4n) is 9.64. The standard InChI is InChI=1S/C57H41N/c1-57(2)52-28-14-12-26-49(52)50-34-33-43(37-53(50)57)58(54-29-15-13-23-45(54)39-18-4-3-5-19-39)55-30-16-27-46(42-32-31-38-17-6-7-20-40(38)35-42)56(55)51-36-41-21-8-9-22-44(41)47-24-10-11-25-48(47)51/h3-37H,1-2H3. The quantitative estimate of drug-likeness (QED) is 0.154. The molecule has 0 aromatic heterocycles. The van der Waals surface area contributed by atoms with Gasteiger partial charge in [-0.05, 0) is 113 Å². The molecule has 0 radical (unpaired) electrons. The van der Waals surface area contributed by atoms with E-state index in [1.807, 2.05) is 0 Å². The molecule has 0 fully saturated rings. The van der Waals surface area contributed by atoms with Gasteiger partial charge in [0.25, 0.3) is 0 Å². The van der Waals surface area contributed by atoms with E-state index >= 15 is 0 Å². The molecule has 1 aliphatic carbocycles. The number of fused-ring (bicyclic) bond motifs is 7. The van der Waals surface area contributed by atoms with Gasteiger partial charge in [0, 0.05) is 22.2 Å². The van der Waals surface area contributed by atoms with E-state index in [2.05, 4.69) is 231 Å². The molecule has 0 unspecified atom stereocenters. The van der Waals surface area contributed by atoms with Gasteiger partial charge < -0.3 is 4.90 Å². The van der Waals surface area contributed by atoms with E-state index in [0.717, 1.165) is 17.1 Å². The highest BCUT2D eigenvalue weighted by Crippen LogP contribution is 2.54. The summed E-state index contributed by atoms with van der Waals surface area (Å²) < 4.78 is 0. The zero-order chi connectivity index (χ0) is 38.8. The molecule has 0 atom stereocenters. The average molecular weight is 740 g/mol. The summed E-state index contributed by atoms with van der Waals surface area (Å²) in [6, 6.07) is 78.5. The van der Waals surface area contributed by atoms with Gasteiger partial charge in [-0.3, -0.25) is 0 Å². The van der Waals surface area contributed by atoms with Crippen LogP contribution in [0.5, 0.6) is 0 Å². The summed E-state index contributed by atoms with van der Waals surface area (Å²) in [6.07, 6.45) is 0. The molecule has 10 aromatic carbocycles. The minimum Gasteiger partial charge on any atom is -0.309 e. The molecule has 0 aliphatic heterocycles. The molecule has 10 aromatic rings. The van der Waals surface area contributed by atoms with E-state index in [9.17, 15) is 0 Å². The van der Waals surface area contributed by atoms with Gasteiger partial charge in [-0.25, -0.2) is 0 Å². The Balaban J connectivity index is 1.26. The molecule has 1 heteroatoms. The van der Waals surface area contributed by atoms with Crippen molar-refractivity contribution in [1.29, 1.82) is 0 Å². The summed E-state index contributed by atoms with van der Waals surface area (Å²) >= 11 is 0. The predicted octanol–water partition coefficient (Wildman–Crippen LogP) is 15.9. The second-order valence-electron chi connectivity index (χ2n) is 16.1. The summed E-state index contributed by atoms with van der Waals surface area (Å²) in [5.41, 5.74) is 15.7.